The van der Waals surface area contributed by atoms with Crippen LogP contribution in [0.5, 0.6) is 0 Å². The van der Waals surface area contributed by atoms with Gasteiger partial charge in [0, 0.05) is 17.9 Å². The van der Waals surface area contributed by atoms with E-state index in [1.165, 1.54) is 33.7 Å². The molecule has 0 fully saturated rings. The first kappa shape index (κ1) is 28.4. The number of carbonyl (C=O) groups excluding carboxylic acids is 3. The third kappa shape index (κ3) is 19.0. The zero-order valence-electron chi connectivity index (χ0n) is 15.4. The number of aliphatic carboxylic acids is 3. The number of rotatable bonds is 2. The van der Waals surface area contributed by atoms with E-state index in [0.29, 0.717) is 3.93 Å². The van der Waals surface area contributed by atoms with Gasteiger partial charge in [0.05, 0.1) is 0 Å². The quantitative estimate of drug-likeness (QED) is 0.521. The van der Waals surface area contributed by atoms with Crippen LogP contribution in [-0.2, 0) is 14.4 Å². The first-order valence-corrected chi connectivity index (χ1v) is 10.0. The number of halogens is 2. The second-order valence-electron chi connectivity index (χ2n) is 5.01. The van der Waals surface area contributed by atoms with E-state index in [1.54, 1.807) is 0 Å². The normalized spacial score (nSPS) is 8.86. The van der Waals surface area contributed by atoms with Crippen LogP contribution in [0.15, 0.2) is 48.5 Å². The number of carboxylic acids is 3. The van der Waals surface area contributed by atoms with Gasteiger partial charge in [-0.1, -0.05) is 0 Å². The molecule has 6 nitrogen and oxygen atoms in total. The minimum absolute atomic E-state index is 0.446. The fourth-order valence-corrected chi connectivity index (χ4v) is 2.85. The molecule has 28 heavy (non-hydrogen) atoms. The van der Waals surface area contributed by atoms with E-state index in [9.17, 15) is 0 Å². The van der Waals surface area contributed by atoms with Gasteiger partial charge in [0.1, 0.15) is 0 Å². The Kier molecular flexibility index (Phi) is 16.5. The zero-order valence-corrected chi connectivity index (χ0v) is 19.8. The van der Waals surface area contributed by atoms with Crippen molar-refractivity contribution in [2.75, 3.05) is 0 Å². The Labute approximate surface area is 187 Å². The molecule has 0 atom stereocenters. The van der Waals surface area contributed by atoms with Crippen LogP contribution in [0.2, 0.25) is 10.0 Å². The standard InChI is InChI=1S/C13H9Cl2.3C2H4O2.Sn/c14-12-5-1-10(2-6-12)9-11-3-7-13(15)8-4-11;3*1-2(3)4;/h1-9H;3*1H3,(H,3,4);/q;;;;+3/p-3. The number of carboxylic acid groups (broad SMARTS) is 3. The van der Waals surface area contributed by atoms with Crippen molar-refractivity contribution in [3.8, 4) is 0 Å². The minimum atomic E-state index is -1.08. The molecule has 0 radical (unpaired) electrons. The molecular weight excluding hydrogens is 514 g/mol. The average Bonchev–Trinajstić information content (AvgIpc) is 2.54. The summed E-state index contributed by atoms with van der Waals surface area (Å²) in [6.07, 6.45) is 0. The molecule has 0 aliphatic carbocycles. The van der Waals surface area contributed by atoms with Gasteiger partial charge in [-0.3, -0.25) is 0 Å². The molecule has 0 saturated heterocycles. The van der Waals surface area contributed by atoms with E-state index in [1.807, 2.05) is 24.3 Å². The molecule has 0 saturated carbocycles. The molecule has 2 rings (SSSR count). The summed E-state index contributed by atoms with van der Waals surface area (Å²) in [7, 11) is 0. The third-order valence-electron chi connectivity index (χ3n) is 2.41. The Morgan fingerprint density at radius 2 is 0.857 bits per heavy atom. The Bertz CT molecular complexity index is 647. The second-order valence-corrected chi connectivity index (χ2v) is 7.53. The molecule has 9 heteroatoms. The van der Waals surface area contributed by atoms with Gasteiger partial charge in [0.25, 0.3) is 0 Å². The van der Waals surface area contributed by atoms with Crippen LogP contribution in [0.4, 0.5) is 0 Å². The van der Waals surface area contributed by atoms with E-state index < -0.39 is 17.9 Å². The van der Waals surface area contributed by atoms with E-state index in [4.69, 9.17) is 52.9 Å². The van der Waals surface area contributed by atoms with E-state index in [2.05, 4.69) is 24.3 Å². The molecule has 0 unspecified atom stereocenters. The average molecular weight is 532 g/mol. The Morgan fingerprint density at radius 1 is 0.679 bits per heavy atom. The van der Waals surface area contributed by atoms with Crippen molar-refractivity contribution in [3.63, 3.8) is 0 Å². The van der Waals surface area contributed by atoms with Crippen LogP contribution in [0.25, 0.3) is 0 Å². The first-order valence-electron chi connectivity index (χ1n) is 7.61. The molecule has 0 bridgehead atoms. The summed E-state index contributed by atoms with van der Waals surface area (Å²) in [5.74, 6) is -3.25. The van der Waals surface area contributed by atoms with Gasteiger partial charge in [-0.25, -0.2) is 0 Å². The molecule has 0 amide bonds. The van der Waals surface area contributed by atoms with E-state index in [0.717, 1.165) is 30.8 Å². The number of benzene rings is 2. The van der Waals surface area contributed by atoms with Gasteiger partial charge in [0.2, 0.25) is 0 Å². The Hall–Kier alpha value is -1.77. The summed E-state index contributed by atoms with van der Waals surface area (Å²) in [5.41, 5.74) is 2.59. The van der Waals surface area contributed by atoms with Crippen molar-refractivity contribution < 1.29 is 29.7 Å². The summed E-state index contributed by atoms with van der Waals surface area (Å²) < 4.78 is 0.446. The maximum absolute atomic E-state index is 8.89. The van der Waals surface area contributed by atoms with Gasteiger partial charge in [-0.2, -0.15) is 0 Å². The summed E-state index contributed by atoms with van der Waals surface area (Å²) in [5, 5.41) is 28.2. The molecule has 2 aromatic carbocycles. The summed E-state index contributed by atoms with van der Waals surface area (Å²) in [4.78, 5) is 26.7. The van der Waals surface area contributed by atoms with Crippen LogP contribution in [0, 0.1) is 0 Å². The Balaban J connectivity index is 0. The topological polar surface area (TPSA) is 120 Å². The van der Waals surface area contributed by atoms with Gasteiger partial charge in [0.15, 0.2) is 0 Å². The van der Waals surface area contributed by atoms with E-state index >= 15 is 0 Å². The number of hydrogen-bond donors (Lipinski definition) is 0. The molecule has 0 aliphatic heterocycles. The SMILES string of the molecule is CC(=O)[O-].CC(=O)[O-].CC(=O)[O-].Clc1ccc([CH]([Sn+3])c2ccc(Cl)cc2)cc1. The van der Waals surface area contributed by atoms with Crippen molar-refractivity contribution in [2.24, 2.45) is 0 Å². The van der Waals surface area contributed by atoms with Gasteiger partial charge >= 0.3 is 119 Å². The molecular formula is C19H18Cl2O6Sn. The first-order chi connectivity index (χ1) is 12.9. The molecule has 0 aliphatic rings. The monoisotopic (exact) mass is 532 g/mol. The number of carbonyl (C=O) groups is 3. The second kappa shape index (κ2) is 16.2. The van der Waals surface area contributed by atoms with Crippen LogP contribution >= 0.6 is 23.2 Å². The summed E-state index contributed by atoms with van der Waals surface area (Å²) in [6.45, 7) is 2.92. The third-order valence-corrected chi connectivity index (χ3v) is 4.81. The zero-order chi connectivity index (χ0) is 22.3. The van der Waals surface area contributed by atoms with Crippen LogP contribution in [0.3, 0.4) is 0 Å². The maximum atomic E-state index is 8.89. The van der Waals surface area contributed by atoms with Crippen molar-refractivity contribution in [1.29, 1.82) is 0 Å². The predicted molar refractivity (Wildman–Crippen MR) is 103 cm³/mol. The van der Waals surface area contributed by atoms with Crippen molar-refractivity contribution >= 4 is 63.6 Å². The summed E-state index contributed by atoms with van der Waals surface area (Å²) >= 11 is 13.2. The van der Waals surface area contributed by atoms with Crippen molar-refractivity contribution in [2.45, 2.75) is 24.7 Å². The Morgan fingerprint density at radius 3 is 1.04 bits per heavy atom. The summed E-state index contributed by atoms with van der Waals surface area (Å²) in [6, 6.07) is 16.1. The predicted octanol–water partition coefficient (Wildman–Crippen LogP) is 0.520. The molecule has 0 spiro atoms. The van der Waals surface area contributed by atoms with E-state index in [-0.39, 0.29) is 0 Å². The molecule has 0 heterocycles. The van der Waals surface area contributed by atoms with Crippen molar-refractivity contribution in [1.82, 2.24) is 0 Å². The molecule has 0 aromatic heterocycles. The van der Waals surface area contributed by atoms with Crippen LogP contribution in [-0.4, -0.2) is 40.4 Å². The molecule has 0 N–H and O–H groups in total. The van der Waals surface area contributed by atoms with Gasteiger partial charge < -0.3 is 29.7 Å². The van der Waals surface area contributed by atoms with Gasteiger partial charge in [-0.05, 0) is 20.8 Å². The molecule has 2 aromatic rings. The fraction of sp³-hybridized carbons (Fsp3) is 0.211. The van der Waals surface area contributed by atoms with Crippen molar-refractivity contribution in [3.05, 3.63) is 69.7 Å². The molecule has 148 valence electrons. The van der Waals surface area contributed by atoms with Crippen LogP contribution in [0.1, 0.15) is 35.8 Å². The van der Waals surface area contributed by atoms with Crippen LogP contribution < -0.4 is 15.3 Å². The van der Waals surface area contributed by atoms with Gasteiger partial charge in [-0.15, -0.1) is 0 Å². The fourth-order valence-electron chi connectivity index (χ4n) is 1.50. The number of hydrogen-bond acceptors (Lipinski definition) is 6.